The largest absolute Gasteiger partial charge is 0.381 e. The van der Waals surface area contributed by atoms with E-state index < -0.39 is 0 Å². The summed E-state index contributed by atoms with van der Waals surface area (Å²) >= 11 is 0. The van der Waals surface area contributed by atoms with Gasteiger partial charge in [-0.05, 0) is 23.2 Å². The molecule has 0 aromatic heterocycles. The van der Waals surface area contributed by atoms with E-state index >= 15 is 0 Å². The van der Waals surface area contributed by atoms with E-state index in [9.17, 15) is 0 Å². The second-order valence-corrected chi connectivity index (χ2v) is 5.75. The van der Waals surface area contributed by atoms with Gasteiger partial charge in [0.15, 0.2) is 0 Å². The summed E-state index contributed by atoms with van der Waals surface area (Å²) in [7, 11) is 0. The van der Waals surface area contributed by atoms with Crippen LogP contribution < -0.4 is 0 Å². The van der Waals surface area contributed by atoms with Gasteiger partial charge in [-0.2, -0.15) is 0 Å². The first-order valence-corrected chi connectivity index (χ1v) is 4.92. The molecule has 1 saturated heterocycles. The summed E-state index contributed by atoms with van der Waals surface area (Å²) in [6, 6.07) is 0. The molecule has 0 N–H and O–H groups in total. The quantitative estimate of drug-likeness (QED) is 0.543. The summed E-state index contributed by atoms with van der Waals surface area (Å²) < 4.78 is 5.51. The van der Waals surface area contributed by atoms with Gasteiger partial charge in [-0.25, -0.2) is 0 Å². The topological polar surface area (TPSA) is 9.23 Å². The van der Waals surface area contributed by atoms with Gasteiger partial charge >= 0.3 is 0 Å². The lowest BCUT2D eigenvalue weighted by Gasteiger charge is -2.45. The zero-order valence-electron chi connectivity index (χ0n) is 9.11. The molecular formula is C11H22O. The van der Waals surface area contributed by atoms with Gasteiger partial charge in [0, 0.05) is 6.61 Å². The number of hydrogen-bond acceptors (Lipinski definition) is 1. The Labute approximate surface area is 76.5 Å². The minimum absolute atomic E-state index is 0.358. The molecule has 1 heterocycles. The predicted molar refractivity (Wildman–Crippen MR) is 52.2 cm³/mol. The van der Waals surface area contributed by atoms with Gasteiger partial charge in [-0.3, -0.25) is 0 Å². The van der Waals surface area contributed by atoms with Crippen molar-refractivity contribution in [3.8, 4) is 0 Å². The van der Waals surface area contributed by atoms with Crippen molar-refractivity contribution in [1.29, 1.82) is 0 Å². The third kappa shape index (κ3) is 2.01. The van der Waals surface area contributed by atoms with Crippen LogP contribution in [0.1, 0.15) is 41.0 Å². The Morgan fingerprint density at radius 2 is 1.83 bits per heavy atom. The molecule has 1 atom stereocenters. The summed E-state index contributed by atoms with van der Waals surface area (Å²) in [4.78, 5) is 0. The fourth-order valence-electron chi connectivity index (χ4n) is 2.63. The van der Waals surface area contributed by atoms with Gasteiger partial charge in [-0.1, -0.05) is 34.6 Å². The van der Waals surface area contributed by atoms with Crippen LogP contribution in [0.25, 0.3) is 0 Å². The van der Waals surface area contributed by atoms with Crippen LogP contribution in [0.2, 0.25) is 0 Å². The summed E-state index contributed by atoms with van der Waals surface area (Å²) in [5, 5.41) is 0. The standard InChI is InChI=1S/C11H22O/c1-10(2,3)9-6-7-12-8-11(9,4)5/h9H,6-8H2,1-5H3. The van der Waals surface area contributed by atoms with E-state index in [1.807, 2.05) is 0 Å². The Morgan fingerprint density at radius 1 is 1.25 bits per heavy atom. The molecule has 0 spiro atoms. The first-order valence-electron chi connectivity index (χ1n) is 4.92. The molecule has 0 radical (unpaired) electrons. The molecule has 0 bridgehead atoms. The zero-order valence-corrected chi connectivity index (χ0v) is 9.11. The molecule has 1 heteroatoms. The van der Waals surface area contributed by atoms with E-state index in [2.05, 4.69) is 34.6 Å². The molecule has 0 aliphatic carbocycles. The SMILES string of the molecule is CC(C)(C)C1CCOCC1(C)C. The number of hydrogen-bond donors (Lipinski definition) is 0. The molecule has 0 amide bonds. The Hall–Kier alpha value is -0.0400. The van der Waals surface area contributed by atoms with Crippen molar-refractivity contribution in [2.75, 3.05) is 13.2 Å². The fraction of sp³-hybridized carbons (Fsp3) is 1.00. The molecule has 1 nitrogen and oxygen atoms in total. The van der Waals surface area contributed by atoms with E-state index in [1.165, 1.54) is 6.42 Å². The molecule has 12 heavy (non-hydrogen) atoms. The maximum Gasteiger partial charge on any atom is 0.0519 e. The highest BCUT2D eigenvalue weighted by molar-refractivity contribution is 4.88. The van der Waals surface area contributed by atoms with Gasteiger partial charge < -0.3 is 4.74 Å². The minimum atomic E-state index is 0.358. The van der Waals surface area contributed by atoms with E-state index in [1.54, 1.807) is 0 Å². The molecule has 0 saturated carbocycles. The predicted octanol–water partition coefficient (Wildman–Crippen LogP) is 3.10. The van der Waals surface area contributed by atoms with Crippen molar-refractivity contribution in [2.24, 2.45) is 16.7 Å². The lowest BCUT2D eigenvalue weighted by Crippen LogP contribution is -2.42. The summed E-state index contributed by atoms with van der Waals surface area (Å²) in [5.74, 6) is 0.791. The third-order valence-corrected chi connectivity index (χ3v) is 3.01. The molecule has 0 aromatic carbocycles. The maximum atomic E-state index is 5.51. The van der Waals surface area contributed by atoms with Gasteiger partial charge in [0.2, 0.25) is 0 Å². The van der Waals surface area contributed by atoms with Crippen LogP contribution in [-0.4, -0.2) is 13.2 Å². The zero-order chi connectivity index (χ0) is 9.41. The van der Waals surface area contributed by atoms with Crippen LogP contribution >= 0.6 is 0 Å². The van der Waals surface area contributed by atoms with Crippen LogP contribution in [0.4, 0.5) is 0 Å². The van der Waals surface area contributed by atoms with Crippen LogP contribution in [-0.2, 0) is 4.74 Å². The Morgan fingerprint density at radius 3 is 2.17 bits per heavy atom. The van der Waals surface area contributed by atoms with Crippen molar-refractivity contribution in [3.05, 3.63) is 0 Å². The van der Waals surface area contributed by atoms with Crippen LogP contribution in [0.3, 0.4) is 0 Å². The van der Waals surface area contributed by atoms with Crippen molar-refractivity contribution in [3.63, 3.8) is 0 Å². The lowest BCUT2D eigenvalue weighted by atomic mass is 9.64. The summed E-state index contributed by atoms with van der Waals surface area (Å²) in [6.07, 6.45) is 1.22. The number of rotatable bonds is 0. The Bertz CT molecular complexity index is 153. The highest BCUT2D eigenvalue weighted by Gasteiger charge is 2.39. The Kier molecular flexibility index (Phi) is 2.53. The summed E-state index contributed by atoms with van der Waals surface area (Å²) in [5.41, 5.74) is 0.782. The first-order chi connectivity index (χ1) is 5.34. The van der Waals surface area contributed by atoms with Crippen LogP contribution in [0.15, 0.2) is 0 Å². The number of ether oxygens (including phenoxy) is 1. The molecule has 1 aliphatic rings. The van der Waals surface area contributed by atoms with Crippen molar-refractivity contribution < 1.29 is 4.74 Å². The second kappa shape index (κ2) is 3.02. The third-order valence-electron chi connectivity index (χ3n) is 3.01. The van der Waals surface area contributed by atoms with Crippen LogP contribution in [0.5, 0.6) is 0 Å². The minimum Gasteiger partial charge on any atom is -0.381 e. The molecule has 1 unspecified atom stereocenters. The molecule has 1 fully saturated rings. The lowest BCUT2D eigenvalue weighted by molar-refractivity contribution is -0.0702. The van der Waals surface area contributed by atoms with E-state index in [4.69, 9.17) is 4.74 Å². The maximum absolute atomic E-state index is 5.51. The molecule has 0 aromatic rings. The average Bonchev–Trinajstić information content (AvgIpc) is 1.83. The second-order valence-electron chi connectivity index (χ2n) is 5.75. The van der Waals surface area contributed by atoms with Gasteiger partial charge in [0.1, 0.15) is 0 Å². The van der Waals surface area contributed by atoms with E-state index in [-0.39, 0.29) is 0 Å². The van der Waals surface area contributed by atoms with Crippen LogP contribution in [0, 0.1) is 16.7 Å². The molecule has 1 aliphatic heterocycles. The van der Waals surface area contributed by atoms with Crippen molar-refractivity contribution >= 4 is 0 Å². The normalized spacial score (nSPS) is 30.2. The average molecular weight is 170 g/mol. The van der Waals surface area contributed by atoms with E-state index in [0.717, 1.165) is 19.1 Å². The van der Waals surface area contributed by atoms with E-state index in [0.29, 0.717) is 10.8 Å². The van der Waals surface area contributed by atoms with Crippen molar-refractivity contribution in [2.45, 2.75) is 41.0 Å². The fourth-order valence-corrected chi connectivity index (χ4v) is 2.63. The van der Waals surface area contributed by atoms with Gasteiger partial charge in [0.05, 0.1) is 6.61 Å². The molecule has 1 rings (SSSR count). The van der Waals surface area contributed by atoms with Crippen molar-refractivity contribution in [1.82, 2.24) is 0 Å². The Balaban J connectivity index is 2.73. The van der Waals surface area contributed by atoms with Gasteiger partial charge in [0.25, 0.3) is 0 Å². The highest BCUT2D eigenvalue weighted by atomic mass is 16.5. The monoisotopic (exact) mass is 170 g/mol. The smallest absolute Gasteiger partial charge is 0.0519 e. The molecule has 72 valence electrons. The summed E-state index contributed by atoms with van der Waals surface area (Å²) in [6.45, 7) is 13.5. The van der Waals surface area contributed by atoms with Gasteiger partial charge in [-0.15, -0.1) is 0 Å². The molecular weight excluding hydrogens is 148 g/mol. The highest BCUT2D eigenvalue weighted by Crippen LogP contribution is 2.44. The first kappa shape index (κ1) is 10.0.